The molecule has 0 spiro atoms. The van der Waals surface area contributed by atoms with Crippen LogP contribution < -0.4 is 9.47 Å². The number of ether oxygens (including phenoxy) is 2. The Morgan fingerprint density at radius 1 is 1.19 bits per heavy atom. The summed E-state index contributed by atoms with van der Waals surface area (Å²) in [6, 6.07) is 5.25. The van der Waals surface area contributed by atoms with Crippen molar-refractivity contribution >= 4 is 6.29 Å². The number of hydrogen-bond acceptors (Lipinski definition) is 3. The van der Waals surface area contributed by atoms with Gasteiger partial charge in [-0.2, -0.15) is 0 Å². The molecule has 0 bridgehead atoms. The van der Waals surface area contributed by atoms with Crippen LogP contribution in [-0.2, 0) is 0 Å². The Balaban J connectivity index is 2.52. The summed E-state index contributed by atoms with van der Waals surface area (Å²) in [5.41, 5.74) is 2.02. The molecule has 1 rings (SSSR count). The molecular formula is C18H26O3. The molecule has 1 aromatic rings. The van der Waals surface area contributed by atoms with Crippen LogP contribution in [0.5, 0.6) is 11.5 Å². The van der Waals surface area contributed by atoms with Gasteiger partial charge in [-0.25, -0.2) is 0 Å². The van der Waals surface area contributed by atoms with E-state index in [1.54, 1.807) is 18.2 Å². The van der Waals surface area contributed by atoms with Crippen molar-refractivity contribution in [2.75, 3.05) is 13.2 Å². The van der Waals surface area contributed by atoms with Gasteiger partial charge in [-0.1, -0.05) is 25.0 Å². The fourth-order valence-electron chi connectivity index (χ4n) is 2.02. The molecule has 0 unspecified atom stereocenters. The highest BCUT2D eigenvalue weighted by atomic mass is 16.5. The van der Waals surface area contributed by atoms with Crippen LogP contribution in [0.3, 0.4) is 0 Å². The van der Waals surface area contributed by atoms with Crippen LogP contribution in [0, 0.1) is 0 Å². The third-order valence-electron chi connectivity index (χ3n) is 3.20. The van der Waals surface area contributed by atoms with E-state index in [0.717, 1.165) is 19.1 Å². The maximum Gasteiger partial charge on any atom is 0.161 e. The maximum absolute atomic E-state index is 10.8. The van der Waals surface area contributed by atoms with Gasteiger partial charge in [0.15, 0.2) is 11.5 Å². The minimum atomic E-state index is 0.550. The number of unbranched alkanes of at least 4 members (excludes halogenated alkanes) is 1. The van der Waals surface area contributed by atoms with Crippen molar-refractivity contribution in [2.24, 2.45) is 0 Å². The molecule has 0 N–H and O–H groups in total. The van der Waals surface area contributed by atoms with Gasteiger partial charge in [0, 0.05) is 5.56 Å². The van der Waals surface area contributed by atoms with Crippen molar-refractivity contribution < 1.29 is 14.3 Å². The molecule has 0 saturated carbocycles. The van der Waals surface area contributed by atoms with Crippen LogP contribution in [-0.4, -0.2) is 19.5 Å². The zero-order valence-electron chi connectivity index (χ0n) is 13.4. The number of hydrogen-bond donors (Lipinski definition) is 0. The van der Waals surface area contributed by atoms with Crippen LogP contribution in [0.2, 0.25) is 0 Å². The molecule has 3 nitrogen and oxygen atoms in total. The number of rotatable bonds is 10. The van der Waals surface area contributed by atoms with Gasteiger partial charge in [0.05, 0.1) is 13.2 Å². The van der Waals surface area contributed by atoms with Gasteiger partial charge in [0.2, 0.25) is 0 Å². The highest BCUT2D eigenvalue weighted by Crippen LogP contribution is 2.28. The summed E-state index contributed by atoms with van der Waals surface area (Å²) in [6.45, 7) is 7.45. The van der Waals surface area contributed by atoms with E-state index < -0.39 is 0 Å². The Bertz CT molecular complexity index is 464. The molecule has 0 aliphatic rings. The van der Waals surface area contributed by atoms with Crippen LogP contribution in [0.1, 0.15) is 56.8 Å². The fraction of sp³-hybridized carbons (Fsp3) is 0.500. The van der Waals surface area contributed by atoms with Gasteiger partial charge in [-0.3, -0.25) is 4.79 Å². The predicted octanol–water partition coefficient (Wildman–Crippen LogP) is 4.80. The van der Waals surface area contributed by atoms with E-state index in [9.17, 15) is 4.79 Å². The Morgan fingerprint density at radius 2 is 2.00 bits per heavy atom. The predicted molar refractivity (Wildman–Crippen MR) is 86.4 cm³/mol. The van der Waals surface area contributed by atoms with Crippen LogP contribution in [0.25, 0.3) is 0 Å². The largest absolute Gasteiger partial charge is 0.490 e. The number of carbonyl (C=O) groups is 1. The number of benzene rings is 1. The second-order valence-corrected chi connectivity index (χ2v) is 5.05. The van der Waals surface area contributed by atoms with Crippen LogP contribution in [0.4, 0.5) is 0 Å². The van der Waals surface area contributed by atoms with Crippen LogP contribution in [0.15, 0.2) is 29.8 Å². The fourth-order valence-corrected chi connectivity index (χ4v) is 2.02. The second kappa shape index (κ2) is 10.0. The number of allylic oxidation sites excluding steroid dienone is 1. The summed E-state index contributed by atoms with van der Waals surface area (Å²) in [5.74, 6) is 1.33. The molecule has 0 aromatic heterocycles. The third kappa shape index (κ3) is 6.48. The molecule has 0 atom stereocenters. The molecule has 0 aliphatic heterocycles. The topological polar surface area (TPSA) is 35.5 Å². The lowest BCUT2D eigenvalue weighted by atomic mass is 10.1. The second-order valence-electron chi connectivity index (χ2n) is 5.05. The number of carbonyl (C=O) groups excluding carboxylic acids is 1. The SMILES string of the molecule is CCCC/C(C)=C/CCOc1ccc(C=O)cc1OCC. The first-order chi connectivity index (χ1) is 10.2. The highest BCUT2D eigenvalue weighted by Gasteiger charge is 2.05. The summed E-state index contributed by atoms with van der Waals surface area (Å²) in [5, 5.41) is 0. The first kappa shape index (κ1) is 17.3. The zero-order valence-corrected chi connectivity index (χ0v) is 13.4. The van der Waals surface area contributed by atoms with Gasteiger partial charge in [0.1, 0.15) is 6.29 Å². The molecule has 0 heterocycles. The molecular weight excluding hydrogens is 264 g/mol. The third-order valence-corrected chi connectivity index (χ3v) is 3.20. The monoisotopic (exact) mass is 290 g/mol. The molecule has 0 saturated heterocycles. The Kier molecular flexibility index (Phi) is 8.25. The quantitative estimate of drug-likeness (QED) is 0.352. The normalized spacial score (nSPS) is 11.3. The average Bonchev–Trinajstić information content (AvgIpc) is 2.50. The van der Waals surface area contributed by atoms with Crippen molar-refractivity contribution in [3.8, 4) is 11.5 Å². The molecule has 0 aliphatic carbocycles. The molecule has 0 fully saturated rings. The van der Waals surface area contributed by atoms with Crippen molar-refractivity contribution in [1.82, 2.24) is 0 Å². The molecule has 1 aromatic carbocycles. The van der Waals surface area contributed by atoms with E-state index in [1.165, 1.54) is 18.4 Å². The first-order valence-electron chi connectivity index (χ1n) is 7.71. The zero-order chi connectivity index (χ0) is 15.5. The molecule has 0 amide bonds. The lowest BCUT2D eigenvalue weighted by Gasteiger charge is -2.11. The van der Waals surface area contributed by atoms with Gasteiger partial charge in [0.25, 0.3) is 0 Å². The summed E-state index contributed by atoms with van der Waals surface area (Å²) in [7, 11) is 0. The standard InChI is InChI=1S/C18H26O3/c1-4-6-8-15(3)9-7-12-21-17-11-10-16(14-19)13-18(17)20-5-2/h9-11,13-14H,4-8,12H2,1-3H3/b15-9+. The van der Waals surface area contributed by atoms with Crippen molar-refractivity contribution in [1.29, 1.82) is 0 Å². The van der Waals surface area contributed by atoms with E-state index in [-0.39, 0.29) is 0 Å². The minimum absolute atomic E-state index is 0.550. The van der Waals surface area contributed by atoms with Crippen LogP contribution >= 0.6 is 0 Å². The van der Waals surface area contributed by atoms with Gasteiger partial charge in [-0.15, -0.1) is 0 Å². The molecule has 3 heteroatoms. The van der Waals surface area contributed by atoms with Crippen molar-refractivity contribution in [3.63, 3.8) is 0 Å². The minimum Gasteiger partial charge on any atom is -0.490 e. The van der Waals surface area contributed by atoms with E-state index in [1.807, 2.05) is 6.92 Å². The van der Waals surface area contributed by atoms with E-state index in [0.29, 0.717) is 30.3 Å². The van der Waals surface area contributed by atoms with Gasteiger partial charge < -0.3 is 9.47 Å². The summed E-state index contributed by atoms with van der Waals surface area (Å²) in [6.07, 6.45) is 7.56. The summed E-state index contributed by atoms with van der Waals surface area (Å²) in [4.78, 5) is 10.8. The maximum atomic E-state index is 10.8. The first-order valence-corrected chi connectivity index (χ1v) is 7.71. The average molecular weight is 290 g/mol. The number of aldehydes is 1. The molecule has 21 heavy (non-hydrogen) atoms. The Morgan fingerprint density at radius 3 is 2.67 bits per heavy atom. The Labute approximate surface area is 128 Å². The Hall–Kier alpha value is -1.77. The summed E-state index contributed by atoms with van der Waals surface area (Å²) >= 11 is 0. The van der Waals surface area contributed by atoms with Crippen molar-refractivity contribution in [2.45, 2.75) is 46.5 Å². The van der Waals surface area contributed by atoms with Crippen molar-refractivity contribution in [3.05, 3.63) is 35.4 Å². The molecule has 0 radical (unpaired) electrons. The van der Waals surface area contributed by atoms with E-state index in [4.69, 9.17) is 9.47 Å². The van der Waals surface area contributed by atoms with E-state index >= 15 is 0 Å². The lowest BCUT2D eigenvalue weighted by Crippen LogP contribution is -2.01. The smallest absolute Gasteiger partial charge is 0.161 e. The van der Waals surface area contributed by atoms with E-state index in [2.05, 4.69) is 19.9 Å². The van der Waals surface area contributed by atoms with Gasteiger partial charge >= 0.3 is 0 Å². The lowest BCUT2D eigenvalue weighted by molar-refractivity contribution is 0.112. The summed E-state index contributed by atoms with van der Waals surface area (Å²) < 4.78 is 11.3. The highest BCUT2D eigenvalue weighted by molar-refractivity contribution is 5.76. The van der Waals surface area contributed by atoms with Gasteiger partial charge in [-0.05, 0) is 51.3 Å². The molecule has 116 valence electrons.